The first kappa shape index (κ1) is 12.0. The number of benzene rings is 1. The van der Waals surface area contributed by atoms with Gasteiger partial charge < -0.3 is 11.1 Å². The molecule has 0 aromatic heterocycles. The van der Waals surface area contributed by atoms with E-state index in [2.05, 4.69) is 5.32 Å². The summed E-state index contributed by atoms with van der Waals surface area (Å²) in [6.45, 7) is 0.876. The third kappa shape index (κ3) is 3.23. The lowest BCUT2D eigenvalue weighted by Gasteiger charge is -2.10. The standard InChI is InChI=1S/C12H16FIN2/c13-9-6-12(11(15)7-10(9)14)16-5-1-2-8-3-4-8/h6-8,16H,1-5,15H2. The zero-order chi connectivity index (χ0) is 11.5. The Hall–Kier alpha value is -0.520. The molecule has 4 heteroatoms. The second kappa shape index (κ2) is 5.21. The molecular formula is C12H16FIN2. The highest BCUT2D eigenvalue weighted by atomic mass is 127. The summed E-state index contributed by atoms with van der Waals surface area (Å²) in [6, 6.07) is 3.15. The first-order valence-electron chi connectivity index (χ1n) is 5.65. The van der Waals surface area contributed by atoms with Crippen LogP contribution in [0.25, 0.3) is 0 Å². The van der Waals surface area contributed by atoms with Gasteiger partial charge in [0, 0.05) is 12.6 Å². The van der Waals surface area contributed by atoms with Gasteiger partial charge in [-0.2, -0.15) is 0 Å². The van der Waals surface area contributed by atoms with Crippen LogP contribution in [-0.4, -0.2) is 6.54 Å². The molecule has 0 spiro atoms. The molecule has 2 rings (SSSR count). The smallest absolute Gasteiger partial charge is 0.138 e. The Labute approximate surface area is 109 Å². The van der Waals surface area contributed by atoms with Gasteiger partial charge in [-0.15, -0.1) is 0 Å². The molecule has 1 aromatic rings. The highest BCUT2D eigenvalue weighted by Crippen LogP contribution is 2.33. The molecule has 1 aromatic carbocycles. The van der Waals surface area contributed by atoms with Gasteiger partial charge >= 0.3 is 0 Å². The van der Waals surface area contributed by atoms with Gasteiger partial charge in [0.1, 0.15) is 5.82 Å². The maximum Gasteiger partial charge on any atom is 0.138 e. The van der Waals surface area contributed by atoms with E-state index in [4.69, 9.17) is 5.73 Å². The van der Waals surface area contributed by atoms with E-state index in [0.29, 0.717) is 14.9 Å². The van der Waals surface area contributed by atoms with E-state index in [9.17, 15) is 4.39 Å². The molecule has 0 radical (unpaired) electrons. The van der Waals surface area contributed by atoms with Crippen LogP contribution in [-0.2, 0) is 0 Å². The minimum Gasteiger partial charge on any atom is -0.397 e. The molecule has 16 heavy (non-hydrogen) atoms. The molecule has 1 saturated carbocycles. The van der Waals surface area contributed by atoms with Crippen molar-refractivity contribution in [2.24, 2.45) is 5.92 Å². The van der Waals surface area contributed by atoms with Crippen LogP contribution in [0.2, 0.25) is 0 Å². The molecule has 2 nitrogen and oxygen atoms in total. The topological polar surface area (TPSA) is 38.0 Å². The van der Waals surface area contributed by atoms with Crippen LogP contribution in [0.3, 0.4) is 0 Å². The Morgan fingerprint density at radius 2 is 2.19 bits per heavy atom. The Kier molecular flexibility index (Phi) is 3.89. The van der Waals surface area contributed by atoms with Gasteiger partial charge in [0.15, 0.2) is 0 Å². The van der Waals surface area contributed by atoms with Crippen LogP contribution in [0, 0.1) is 15.3 Å². The monoisotopic (exact) mass is 334 g/mol. The predicted octanol–water partition coefficient (Wildman–Crippen LogP) is 3.61. The highest BCUT2D eigenvalue weighted by molar-refractivity contribution is 14.1. The first-order valence-corrected chi connectivity index (χ1v) is 6.73. The summed E-state index contributed by atoms with van der Waals surface area (Å²) in [5.74, 6) is 0.743. The lowest BCUT2D eigenvalue weighted by atomic mass is 10.2. The van der Waals surface area contributed by atoms with E-state index < -0.39 is 0 Å². The van der Waals surface area contributed by atoms with Crippen LogP contribution in [0.15, 0.2) is 12.1 Å². The number of nitrogens with one attached hydrogen (secondary N) is 1. The molecule has 0 atom stereocenters. The van der Waals surface area contributed by atoms with E-state index in [1.165, 1.54) is 25.3 Å². The summed E-state index contributed by atoms with van der Waals surface area (Å²) < 4.78 is 13.9. The third-order valence-corrected chi connectivity index (χ3v) is 3.72. The van der Waals surface area contributed by atoms with Gasteiger partial charge in [0.25, 0.3) is 0 Å². The maximum atomic E-state index is 13.3. The molecule has 0 heterocycles. The number of rotatable bonds is 5. The minimum atomic E-state index is -0.209. The lowest BCUT2D eigenvalue weighted by molar-refractivity contribution is 0.620. The molecule has 1 fully saturated rings. The van der Waals surface area contributed by atoms with Gasteiger partial charge in [-0.25, -0.2) is 4.39 Å². The van der Waals surface area contributed by atoms with Crippen molar-refractivity contribution in [1.29, 1.82) is 0 Å². The van der Waals surface area contributed by atoms with E-state index in [-0.39, 0.29) is 5.82 Å². The highest BCUT2D eigenvalue weighted by Gasteiger charge is 2.19. The molecule has 1 aliphatic carbocycles. The van der Waals surface area contributed by atoms with E-state index >= 15 is 0 Å². The average Bonchev–Trinajstić information content (AvgIpc) is 3.04. The zero-order valence-electron chi connectivity index (χ0n) is 9.10. The quantitative estimate of drug-likeness (QED) is 0.490. The van der Waals surface area contributed by atoms with Crippen LogP contribution in [0.1, 0.15) is 25.7 Å². The summed E-state index contributed by atoms with van der Waals surface area (Å²) in [4.78, 5) is 0. The van der Waals surface area contributed by atoms with Gasteiger partial charge in [0.2, 0.25) is 0 Å². The average molecular weight is 334 g/mol. The summed E-state index contributed by atoms with van der Waals surface area (Å²) in [7, 11) is 0. The Morgan fingerprint density at radius 3 is 2.88 bits per heavy atom. The van der Waals surface area contributed by atoms with Crippen molar-refractivity contribution in [2.45, 2.75) is 25.7 Å². The fraction of sp³-hybridized carbons (Fsp3) is 0.500. The van der Waals surface area contributed by atoms with Gasteiger partial charge in [-0.05, 0) is 47.4 Å². The zero-order valence-corrected chi connectivity index (χ0v) is 11.3. The molecule has 0 saturated heterocycles. The molecule has 0 amide bonds. The largest absolute Gasteiger partial charge is 0.397 e. The third-order valence-electron chi connectivity index (χ3n) is 2.89. The van der Waals surface area contributed by atoms with Crippen molar-refractivity contribution in [1.82, 2.24) is 0 Å². The minimum absolute atomic E-state index is 0.209. The second-order valence-corrected chi connectivity index (χ2v) is 5.53. The van der Waals surface area contributed by atoms with Crippen LogP contribution >= 0.6 is 22.6 Å². The van der Waals surface area contributed by atoms with Crippen molar-refractivity contribution in [3.63, 3.8) is 0 Å². The maximum absolute atomic E-state index is 13.3. The molecule has 0 unspecified atom stereocenters. The Bertz CT molecular complexity index is 378. The van der Waals surface area contributed by atoms with Crippen molar-refractivity contribution < 1.29 is 4.39 Å². The number of hydrogen-bond donors (Lipinski definition) is 2. The number of anilines is 2. The van der Waals surface area contributed by atoms with Crippen LogP contribution in [0.5, 0.6) is 0 Å². The van der Waals surface area contributed by atoms with Crippen molar-refractivity contribution in [3.05, 3.63) is 21.5 Å². The molecule has 1 aliphatic rings. The SMILES string of the molecule is Nc1cc(I)c(F)cc1NCCCC1CC1. The fourth-order valence-electron chi connectivity index (χ4n) is 1.74. The summed E-state index contributed by atoms with van der Waals surface area (Å²) in [6.07, 6.45) is 5.19. The van der Waals surface area contributed by atoms with Gasteiger partial charge in [0.05, 0.1) is 14.9 Å². The first-order chi connectivity index (χ1) is 7.66. The van der Waals surface area contributed by atoms with E-state index in [0.717, 1.165) is 18.9 Å². The van der Waals surface area contributed by atoms with Crippen LogP contribution in [0.4, 0.5) is 15.8 Å². The predicted molar refractivity (Wildman–Crippen MR) is 74.0 cm³/mol. The van der Waals surface area contributed by atoms with E-state index in [1.807, 2.05) is 22.6 Å². The summed E-state index contributed by atoms with van der Waals surface area (Å²) in [5.41, 5.74) is 7.15. The lowest BCUT2D eigenvalue weighted by Crippen LogP contribution is -2.05. The number of nitrogens with two attached hydrogens (primary N) is 1. The number of nitrogen functional groups attached to an aromatic ring is 1. The molecular weight excluding hydrogens is 318 g/mol. The van der Waals surface area contributed by atoms with Crippen molar-refractivity contribution in [2.75, 3.05) is 17.6 Å². The fourth-order valence-corrected chi connectivity index (χ4v) is 2.23. The normalized spacial score (nSPS) is 15.1. The van der Waals surface area contributed by atoms with Gasteiger partial charge in [-0.3, -0.25) is 0 Å². The number of halogens is 2. The van der Waals surface area contributed by atoms with Crippen molar-refractivity contribution in [3.8, 4) is 0 Å². The summed E-state index contributed by atoms with van der Waals surface area (Å²) in [5, 5.41) is 3.20. The molecule has 88 valence electrons. The second-order valence-electron chi connectivity index (χ2n) is 4.37. The van der Waals surface area contributed by atoms with E-state index in [1.54, 1.807) is 6.07 Å². The number of hydrogen-bond acceptors (Lipinski definition) is 2. The molecule has 0 aliphatic heterocycles. The molecule has 0 bridgehead atoms. The summed E-state index contributed by atoms with van der Waals surface area (Å²) >= 11 is 1.95. The van der Waals surface area contributed by atoms with Crippen molar-refractivity contribution >= 4 is 34.0 Å². The molecule has 3 N–H and O–H groups in total. The Balaban J connectivity index is 1.85. The van der Waals surface area contributed by atoms with Crippen LogP contribution < -0.4 is 11.1 Å². The van der Waals surface area contributed by atoms with Gasteiger partial charge in [-0.1, -0.05) is 12.8 Å². The Morgan fingerprint density at radius 1 is 1.44 bits per heavy atom.